The lowest BCUT2D eigenvalue weighted by Gasteiger charge is -2.27. The number of rotatable bonds is 6. The Morgan fingerprint density at radius 2 is 2.00 bits per heavy atom. The lowest BCUT2D eigenvalue weighted by molar-refractivity contribution is 0.0123. The summed E-state index contributed by atoms with van der Waals surface area (Å²) in [5.41, 5.74) is -0.322. The molecule has 0 amide bonds. The van der Waals surface area contributed by atoms with Gasteiger partial charge in [-0.1, -0.05) is 59.3 Å². The second-order valence-electron chi connectivity index (χ2n) is 6.60. The van der Waals surface area contributed by atoms with E-state index >= 15 is 0 Å². The van der Waals surface area contributed by atoms with Gasteiger partial charge in [0, 0.05) is 0 Å². The zero-order chi connectivity index (χ0) is 12.7. The highest BCUT2D eigenvalue weighted by Crippen LogP contribution is 2.35. The highest BCUT2D eigenvalue weighted by atomic mass is 16.3. The van der Waals surface area contributed by atoms with E-state index in [-0.39, 0.29) is 5.60 Å². The van der Waals surface area contributed by atoms with E-state index in [2.05, 4.69) is 20.8 Å². The molecule has 1 saturated carbocycles. The number of aliphatic hydroxyl groups is 1. The fourth-order valence-electron chi connectivity index (χ4n) is 3.25. The third kappa shape index (κ3) is 5.90. The van der Waals surface area contributed by atoms with Crippen molar-refractivity contribution < 1.29 is 5.11 Å². The van der Waals surface area contributed by atoms with Crippen LogP contribution in [0.4, 0.5) is 0 Å². The summed E-state index contributed by atoms with van der Waals surface area (Å²) in [5.74, 6) is 1.66. The average Bonchev–Trinajstić information content (AvgIpc) is 2.42. The largest absolute Gasteiger partial charge is 0.390 e. The van der Waals surface area contributed by atoms with Gasteiger partial charge in [0.05, 0.1) is 5.60 Å². The van der Waals surface area contributed by atoms with Crippen LogP contribution in [0.25, 0.3) is 0 Å². The van der Waals surface area contributed by atoms with Gasteiger partial charge in [0.1, 0.15) is 0 Å². The molecule has 0 radical (unpaired) electrons. The van der Waals surface area contributed by atoms with E-state index in [0.717, 1.165) is 31.1 Å². The van der Waals surface area contributed by atoms with Crippen molar-refractivity contribution in [2.24, 2.45) is 11.8 Å². The quantitative estimate of drug-likeness (QED) is 0.653. The van der Waals surface area contributed by atoms with Crippen molar-refractivity contribution in [2.75, 3.05) is 0 Å². The van der Waals surface area contributed by atoms with Crippen LogP contribution >= 0.6 is 0 Å². The molecule has 102 valence electrons. The third-order valence-electron chi connectivity index (χ3n) is 4.39. The summed E-state index contributed by atoms with van der Waals surface area (Å²) in [4.78, 5) is 0. The Morgan fingerprint density at radius 3 is 2.65 bits per heavy atom. The molecule has 1 aliphatic carbocycles. The Hall–Kier alpha value is -0.0400. The minimum atomic E-state index is -0.322. The van der Waals surface area contributed by atoms with Crippen LogP contribution in [0.3, 0.4) is 0 Å². The van der Waals surface area contributed by atoms with Gasteiger partial charge in [-0.3, -0.25) is 0 Å². The first kappa shape index (κ1) is 15.0. The molecule has 1 fully saturated rings. The van der Waals surface area contributed by atoms with Gasteiger partial charge in [0.15, 0.2) is 0 Å². The van der Waals surface area contributed by atoms with E-state index in [1.807, 2.05) is 0 Å². The maximum Gasteiger partial charge on any atom is 0.0648 e. The van der Waals surface area contributed by atoms with E-state index < -0.39 is 0 Å². The third-order valence-corrected chi connectivity index (χ3v) is 4.39. The molecule has 17 heavy (non-hydrogen) atoms. The van der Waals surface area contributed by atoms with Crippen molar-refractivity contribution >= 4 is 0 Å². The van der Waals surface area contributed by atoms with E-state index in [4.69, 9.17) is 0 Å². The standard InChI is InChI=1S/C16H32O/c1-4-7-15-9-6-12-16(17,13-10-15)11-5-8-14(2)3/h14-15,17H,4-13H2,1-3H3. The lowest BCUT2D eigenvalue weighted by Crippen LogP contribution is -2.27. The van der Waals surface area contributed by atoms with Gasteiger partial charge in [-0.05, 0) is 37.5 Å². The van der Waals surface area contributed by atoms with Crippen LogP contribution < -0.4 is 0 Å². The molecule has 0 aromatic heterocycles. The van der Waals surface area contributed by atoms with Crippen LogP contribution in [-0.2, 0) is 0 Å². The molecule has 2 unspecified atom stereocenters. The van der Waals surface area contributed by atoms with Gasteiger partial charge < -0.3 is 5.11 Å². The molecule has 1 N–H and O–H groups in total. The first-order chi connectivity index (χ1) is 8.06. The van der Waals surface area contributed by atoms with E-state index in [9.17, 15) is 5.11 Å². The zero-order valence-electron chi connectivity index (χ0n) is 12.2. The van der Waals surface area contributed by atoms with Gasteiger partial charge in [-0.2, -0.15) is 0 Å². The SMILES string of the molecule is CCCC1CCCC(O)(CCCC(C)C)CC1. The summed E-state index contributed by atoms with van der Waals surface area (Å²) in [6.07, 6.45) is 12.1. The van der Waals surface area contributed by atoms with E-state index in [1.165, 1.54) is 44.9 Å². The smallest absolute Gasteiger partial charge is 0.0648 e. The van der Waals surface area contributed by atoms with Gasteiger partial charge >= 0.3 is 0 Å². The first-order valence-electron chi connectivity index (χ1n) is 7.78. The minimum absolute atomic E-state index is 0.322. The zero-order valence-corrected chi connectivity index (χ0v) is 12.2. The fourth-order valence-corrected chi connectivity index (χ4v) is 3.25. The Labute approximate surface area is 108 Å². The normalized spacial score (nSPS) is 30.5. The van der Waals surface area contributed by atoms with Crippen LogP contribution in [-0.4, -0.2) is 10.7 Å². The molecule has 1 nitrogen and oxygen atoms in total. The second kappa shape index (κ2) is 7.41. The molecule has 0 aliphatic heterocycles. The second-order valence-corrected chi connectivity index (χ2v) is 6.60. The predicted octanol–water partition coefficient (Wildman–Crippen LogP) is 4.92. The maximum absolute atomic E-state index is 10.7. The van der Waals surface area contributed by atoms with Crippen molar-refractivity contribution in [2.45, 2.75) is 90.6 Å². The molecular formula is C16H32O. The Balaban J connectivity index is 2.32. The molecule has 0 saturated heterocycles. The topological polar surface area (TPSA) is 20.2 Å². The van der Waals surface area contributed by atoms with Crippen LogP contribution in [0.5, 0.6) is 0 Å². The average molecular weight is 240 g/mol. The summed E-state index contributed by atoms with van der Waals surface area (Å²) in [6, 6.07) is 0. The van der Waals surface area contributed by atoms with Crippen molar-refractivity contribution in [3.63, 3.8) is 0 Å². The Bertz CT molecular complexity index is 200. The Morgan fingerprint density at radius 1 is 1.24 bits per heavy atom. The summed E-state index contributed by atoms with van der Waals surface area (Å²) in [6.45, 7) is 6.82. The van der Waals surface area contributed by atoms with Gasteiger partial charge in [0.25, 0.3) is 0 Å². The molecule has 2 atom stereocenters. The van der Waals surface area contributed by atoms with Crippen molar-refractivity contribution in [1.29, 1.82) is 0 Å². The molecule has 1 rings (SSSR count). The summed E-state index contributed by atoms with van der Waals surface area (Å²) in [7, 11) is 0. The summed E-state index contributed by atoms with van der Waals surface area (Å²) in [5, 5.41) is 10.7. The van der Waals surface area contributed by atoms with Crippen molar-refractivity contribution in [3.8, 4) is 0 Å². The van der Waals surface area contributed by atoms with Crippen LogP contribution in [0.15, 0.2) is 0 Å². The molecule has 0 aromatic carbocycles. The highest BCUT2D eigenvalue weighted by molar-refractivity contribution is 4.83. The van der Waals surface area contributed by atoms with E-state index in [1.54, 1.807) is 0 Å². The first-order valence-corrected chi connectivity index (χ1v) is 7.78. The van der Waals surface area contributed by atoms with E-state index in [0.29, 0.717) is 0 Å². The molecule has 0 bridgehead atoms. The van der Waals surface area contributed by atoms with Crippen LogP contribution in [0.1, 0.15) is 85.0 Å². The summed E-state index contributed by atoms with van der Waals surface area (Å²) >= 11 is 0. The molecular weight excluding hydrogens is 208 g/mol. The molecule has 0 aromatic rings. The monoisotopic (exact) mass is 240 g/mol. The minimum Gasteiger partial charge on any atom is -0.390 e. The molecule has 0 spiro atoms. The van der Waals surface area contributed by atoms with Gasteiger partial charge in [-0.25, -0.2) is 0 Å². The number of hydrogen-bond donors (Lipinski definition) is 1. The van der Waals surface area contributed by atoms with Gasteiger partial charge in [0.2, 0.25) is 0 Å². The molecule has 1 aliphatic rings. The Kier molecular flexibility index (Phi) is 6.54. The molecule has 0 heterocycles. The lowest BCUT2D eigenvalue weighted by atomic mass is 9.87. The maximum atomic E-state index is 10.7. The summed E-state index contributed by atoms with van der Waals surface area (Å²) < 4.78 is 0. The highest BCUT2D eigenvalue weighted by Gasteiger charge is 2.29. The van der Waals surface area contributed by atoms with Crippen molar-refractivity contribution in [1.82, 2.24) is 0 Å². The van der Waals surface area contributed by atoms with Crippen LogP contribution in [0, 0.1) is 11.8 Å². The van der Waals surface area contributed by atoms with Crippen LogP contribution in [0.2, 0.25) is 0 Å². The predicted molar refractivity (Wildman–Crippen MR) is 75.1 cm³/mol. The van der Waals surface area contributed by atoms with Crippen molar-refractivity contribution in [3.05, 3.63) is 0 Å². The van der Waals surface area contributed by atoms with Gasteiger partial charge in [-0.15, -0.1) is 0 Å². The number of hydrogen-bond acceptors (Lipinski definition) is 1. The fraction of sp³-hybridized carbons (Fsp3) is 1.00. The molecule has 1 heteroatoms.